The molecule has 0 saturated heterocycles. The Hall–Kier alpha value is -4.39. The fraction of sp³-hybridized carbons (Fsp3) is 0.115. The highest BCUT2D eigenvalue weighted by Crippen LogP contribution is 2.35. The number of benzene rings is 3. The molecular weight excluding hydrogens is 418 g/mol. The van der Waals surface area contributed by atoms with Crippen LogP contribution in [0.5, 0.6) is 5.75 Å². The number of nitrogens with zero attached hydrogens (tertiary/aromatic N) is 1. The van der Waals surface area contributed by atoms with Crippen molar-refractivity contribution in [3.05, 3.63) is 89.6 Å². The molecule has 3 amide bonds. The van der Waals surface area contributed by atoms with Gasteiger partial charge in [0.1, 0.15) is 11.4 Å². The summed E-state index contributed by atoms with van der Waals surface area (Å²) in [6.45, 7) is 3.27. The third-order valence-electron chi connectivity index (χ3n) is 5.27. The van der Waals surface area contributed by atoms with Crippen LogP contribution >= 0.6 is 0 Å². The van der Waals surface area contributed by atoms with Crippen LogP contribution in [0.25, 0.3) is 5.57 Å². The highest BCUT2D eigenvalue weighted by Gasteiger charge is 2.40. The third kappa shape index (κ3) is 4.34. The molecule has 33 heavy (non-hydrogen) atoms. The van der Waals surface area contributed by atoms with Gasteiger partial charge in [-0.25, -0.2) is 4.90 Å². The van der Waals surface area contributed by atoms with E-state index in [1.807, 2.05) is 19.1 Å². The van der Waals surface area contributed by atoms with Crippen molar-refractivity contribution in [2.75, 3.05) is 22.6 Å². The Bertz CT molecular complexity index is 1280. The van der Waals surface area contributed by atoms with E-state index in [4.69, 9.17) is 4.74 Å². The first kappa shape index (κ1) is 21.8. The first-order chi connectivity index (χ1) is 15.9. The molecule has 0 aromatic heterocycles. The van der Waals surface area contributed by atoms with E-state index in [1.54, 1.807) is 67.8 Å². The zero-order valence-electron chi connectivity index (χ0n) is 18.5. The minimum absolute atomic E-state index is 0.170. The summed E-state index contributed by atoms with van der Waals surface area (Å²) in [7, 11) is 1.56. The average Bonchev–Trinajstić information content (AvgIpc) is 3.04. The van der Waals surface area contributed by atoms with Gasteiger partial charge in [0.25, 0.3) is 11.8 Å². The van der Waals surface area contributed by atoms with E-state index in [0.29, 0.717) is 28.4 Å². The highest BCUT2D eigenvalue weighted by atomic mass is 16.5. The predicted molar refractivity (Wildman–Crippen MR) is 128 cm³/mol. The minimum atomic E-state index is -0.446. The summed E-state index contributed by atoms with van der Waals surface area (Å²) in [6.07, 6.45) is 0. The molecule has 0 radical (unpaired) electrons. The molecule has 0 saturated carbocycles. The second kappa shape index (κ2) is 9.00. The van der Waals surface area contributed by atoms with Crippen LogP contribution in [-0.2, 0) is 14.4 Å². The summed E-state index contributed by atoms with van der Waals surface area (Å²) in [5.41, 5.74) is 3.53. The van der Waals surface area contributed by atoms with E-state index >= 15 is 0 Å². The molecule has 3 aromatic rings. The smallest absolute Gasteiger partial charge is 0.282 e. The molecule has 1 heterocycles. The summed E-state index contributed by atoms with van der Waals surface area (Å²) in [6, 6.07) is 21.2. The van der Waals surface area contributed by atoms with Crippen LogP contribution in [-0.4, -0.2) is 24.8 Å². The van der Waals surface area contributed by atoms with Crippen LogP contribution in [0.2, 0.25) is 0 Å². The van der Waals surface area contributed by atoms with Crippen molar-refractivity contribution < 1.29 is 19.1 Å². The summed E-state index contributed by atoms with van der Waals surface area (Å²) >= 11 is 0. The number of aryl methyl sites for hydroxylation is 1. The van der Waals surface area contributed by atoms with Crippen LogP contribution in [0, 0.1) is 6.92 Å². The summed E-state index contributed by atoms with van der Waals surface area (Å²) in [5, 5.41) is 5.83. The lowest BCUT2D eigenvalue weighted by atomic mass is 10.0. The van der Waals surface area contributed by atoms with Gasteiger partial charge in [-0.15, -0.1) is 0 Å². The average molecular weight is 441 g/mol. The maximum atomic E-state index is 13.6. The fourth-order valence-corrected chi connectivity index (χ4v) is 3.72. The van der Waals surface area contributed by atoms with Gasteiger partial charge in [-0.3, -0.25) is 14.4 Å². The molecule has 166 valence electrons. The topological polar surface area (TPSA) is 87.7 Å². The Morgan fingerprint density at radius 1 is 0.879 bits per heavy atom. The van der Waals surface area contributed by atoms with Crippen LogP contribution < -0.4 is 20.3 Å². The maximum absolute atomic E-state index is 13.6. The molecule has 1 aliphatic rings. The maximum Gasteiger partial charge on any atom is 0.282 e. The van der Waals surface area contributed by atoms with E-state index in [1.165, 1.54) is 11.8 Å². The number of amides is 3. The van der Waals surface area contributed by atoms with Crippen molar-refractivity contribution in [3.63, 3.8) is 0 Å². The Labute approximate surface area is 191 Å². The molecule has 0 bridgehead atoms. The quantitative estimate of drug-likeness (QED) is 0.555. The predicted octanol–water partition coefficient (Wildman–Crippen LogP) is 4.36. The summed E-state index contributed by atoms with van der Waals surface area (Å²) in [4.78, 5) is 39.6. The van der Waals surface area contributed by atoms with Crippen LogP contribution in [0.4, 0.5) is 17.1 Å². The van der Waals surface area contributed by atoms with E-state index in [2.05, 4.69) is 10.6 Å². The van der Waals surface area contributed by atoms with Crippen molar-refractivity contribution in [1.29, 1.82) is 0 Å². The molecule has 0 unspecified atom stereocenters. The number of anilines is 3. The number of hydrogen-bond acceptors (Lipinski definition) is 5. The van der Waals surface area contributed by atoms with Gasteiger partial charge in [0.2, 0.25) is 5.91 Å². The van der Waals surface area contributed by atoms with Gasteiger partial charge in [0, 0.05) is 24.4 Å². The molecule has 0 fully saturated rings. The molecule has 4 rings (SSSR count). The first-order valence-electron chi connectivity index (χ1n) is 10.4. The second-order valence-corrected chi connectivity index (χ2v) is 7.60. The number of imide groups is 1. The zero-order valence-corrected chi connectivity index (χ0v) is 18.5. The van der Waals surface area contributed by atoms with Crippen molar-refractivity contribution >= 4 is 40.4 Å². The van der Waals surface area contributed by atoms with Gasteiger partial charge in [-0.1, -0.05) is 36.4 Å². The standard InChI is InChI=1S/C26H23N3O4/c1-16-7-4-5-10-22(16)29-25(31)23(18-11-13-19(14-12-18)27-17(2)30)24(26(29)32)28-20-8-6-9-21(15-20)33-3/h4-15,28H,1-3H3,(H,27,30). The molecule has 0 spiro atoms. The van der Waals surface area contributed by atoms with E-state index in [-0.39, 0.29) is 17.2 Å². The lowest BCUT2D eigenvalue weighted by Crippen LogP contribution is -2.33. The van der Waals surface area contributed by atoms with Gasteiger partial charge in [-0.05, 0) is 48.4 Å². The first-order valence-corrected chi connectivity index (χ1v) is 10.4. The van der Waals surface area contributed by atoms with Gasteiger partial charge in [0.05, 0.1) is 18.4 Å². The fourth-order valence-electron chi connectivity index (χ4n) is 3.72. The third-order valence-corrected chi connectivity index (χ3v) is 5.27. The molecule has 0 aliphatic carbocycles. The van der Waals surface area contributed by atoms with Crippen molar-refractivity contribution in [2.45, 2.75) is 13.8 Å². The molecular formula is C26H23N3O4. The van der Waals surface area contributed by atoms with Crippen molar-refractivity contribution in [2.24, 2.45) is 0 Å². The number of ether oxygens (including phenoxy) is 1. The molecule has 0 atom stereocenters. The second-order valence-electron chi connectivity index (χ2n) is 7.60. The van der Waals surface area contributed by atoms with E-state index < -0.39 is 11.8 Å². The van der Waals surface area contributed by atoms with Crippen molar-refractivity contribution in [1.82, 2.24) is 0 Å². The van der Waals surface area contributed by atoms with Crippen LogP contribution in [0.1, 0.15) is 18.1 Å². The Morgan fingerprint density at radius 2 is 1.61 bits per heavy atom. The Balaban J connectivity index is 1.80. The molecule has 7 nitrogen and oxygen atoms in total. The molecule has 7 heteroatoms. The lowest BCUT2D eigenvalue weighted by molar-refractivity contribution is -0.120. The van der Waals surface area contributed by atoms with Gasteiger partial charge in [-0.2, -0.15) is 0 Å². The number of methoxy groups -OCH3 is 1. The number of nitrogens with one attached hydrogen (secondary N) is 2. The van der Waals surface area contributed by atoms with Crippen LogP contribution in [0.3, 0.4) is 0 Å². The van der Waals surface area contributed by atoms with Gasteiger partial charge < -0.3 is 15.4 Å². The van der Waals surface area contributed by atoms with Crippen molar-refractivity contribution in [3.8, 4) is 5.75 Å². The van der Waals surface area contributed by atoms with E-state index in [9.17, 15) is 14.4 Å². The van der Waals surface area contributed by atoms with Crippen LogP contribution in [0.15, 0.2) is 78.5 Å². The lowest BCUT2D eigenvalue weighted by Gasteiger charge is -2.17. The number of carbonyl (C=O) groups excluding carboxylic acids is 3. The molecule has 3 aromatic carbocycles. The number of hydrogen-bond donors (Lipinski definition) is 2. The minimum Gasteiger partial charge on any atom is -0.497 e. The highest BCUT2D eigenvalue weighted by molar-refractivity contribution is 6.46. The number of rotatable bonds is 6. The molecule has 2 N–H and O–H groups in total. The normalized spacial score (nSPS) is 13.4. The number of carbonyl (C=O) groups is 3. The molecule has 1 aliphatic heterocycles. The van der Waals surface area contributed by atoms with Gasteiger partial charge >= 0.3 is 0 Å². The summed E-state index contributed by atoms with van der Waals surface area (Å²) in [5.74, 6) is -0.445. The Kier molecular flexibility index (Phi) is 5.95. The SMILES string of the molecule is COc1cccc(NC2=C(c3ccc(NC(C)=O)cc3)C(=O)N(c3ccccc3C)C2=O)c1. The number of para-hydroxylation sites is 1. The van der Waals surface area contributed by atoms with E-state index in [0.717, 1.165) is 5.56 Å². The largest absolute Gasteiger partial charge is 0.497 e. The zero-order chi connectivity index (χ0) is 23.5. The Morgan fingerprint density at radius 3 is 2.27 bits per heavy atom. The summed E-state index contributed by atoms with van der Waals surface area (Å²) < 4.78 is 5.28. The van der Waals surface area contributed by atoms with Gasteiger partial charge in [0.15, 0.2) is 0 Å². The monoisotopic (exact) mass is 441 g/mol.